The Morgan fingerprint density at radius 1 is 1.00 bits per heavy atom. The number of anilines is 2. The summed E-state index contributed by atoms with van der Waals surface area (Å²) in [6, 6.07) is 1.05. The van der Waals surface area contributed by atoms with E-state index >= 15 is 0 Å². The lowest BCUT2D eigenvalue weighted by molar-refractivity contribution is -0.141. The van der Waals surface area contributed by atoms with Crippen LogP contribution in [0.15, 0.2) is 24.7 Å². The number of hydrogen-bond acceptors (Lipinski definition) is 7. The molecule has 13 heteroatoms. The summed E-state index contributed by atoms with van der Waals surface area (Å²) in [5.41, 5.74) is 0.220. The Balaban J connectivity index is 1.27. The number of nitrogens with zero attached hydrogens (tertiary/aromatic N) is 8. The number of aromatic nitrogens is 6. The van der Waals surface area contributed by atoms with Crippen molar-refractivity contribution in [2.45, 2.75) is 38.4 Å². The fourth-order valence-corrected chi connectivity index (χ4v) is 4.70. The van der Waals surface area contributed by atoms with Gasteiger partial charge in [0, 0.05) is 26.2 Å². The maximum atomic E-state index is 13.0. The lowest BCUT2D eigenvalue weighted by Crippen LogP contribution is -2.42. The molecule has 0 N–H and O–H groups in total. The first-order chi connectivity index (χ1) is 15.7. The van der Waals surface area contributed by atoms with Crippen LogP contribution in [0.4, 0.5) is 33.5 Å². The largest absolute Gasteiger partial charge is 0.435 e. The first-order valence-electron chi connectivity index (χ1n) is 10.6. The van der Waals surface area contributed by atoms with Gasteiger partial charge in [-0.1, -0.05) is 0 Å². The molecule has 0 bridgehead atoms. The molecule has 0 saturated carbocycles. The van der Waals surface area contributed by atoms with E-state index in [0.29, 0.717) is 48.8 Å². The van der Waals surface area contributed by atoms with Crippen molar-refractivity contribution in [3.8, 4) is 0 Å². The summed E-state index contributed by atoms with van der Waals surface area (Å²) >= 11 is 0. The highest BCUT2D eigenvalue weighted by Gasteiger charge is 2.42. The number of alkyl halides is 5. The quantitative estimate of drug-likeness (QED) is 0.544. The highest BCUT2D eigenvalue weighted by molar-refractivity contribution is 5.71. The minimum atomic E-state index is -4.53. The van der Waals surface area contributed by atoms with E-state index in [0.717, 1.165) is 30.0 Å². The zero-order valence-electron chi connectivity index (χ0n) is 17.5. The number of rotatable bonds is 4. The van der Waals surface area contributed by atoms with Crippen molar-refractivity contribution in [3.05, 3.63) is 30.4 Å². The van der Waals surface area contributed by atoms with Gasteiger partial charge in [0.1, 0.15) is 17.9 Å². The second-order valence-corrected chi connectivity index (χ2v) is 8.61. The monoisotopic (exact) mass is 468 g/mol. The third kappa shape index (κ3) is 4.27. The topological polar surface area (TPSA) is 75.9 Å². The smallest absolute Gasteiger partial charge is 0.370 e. The van der Waals surface area contributed by atoms with Gasteiger partial charge in [0.25, 0.3) is 6.43 Å². The van der Waals surface area contributed by atoms with Crippen LogP contribution in [0.2, 0.25) is 0 Å². The molecule has 3 aromatic rings. The molecule has 2 saturated heterocycles. The van der Waals surface area contributed by atoms with Gasteiger partial charge in [-0.3, -0.25) is 0 Å². The molecular formula is C20H21F5N8. The van der Waals surface area contributed by atoms with E-state index in [9.17, 15) is 22.0 Å². The third-order valence-electron chi connectivity index (χ3n) is 6.53. The Morgan fingerprint density at radius 3 is 2.42 bits per heavy atom. The van der Waals surface area contributed by atoms with Crippen LogP contribution < -0.4 is 9.80 Å². The molecule has 0 aromatic carbocycles. The van der Waals surface area contributed by atoms with Gasteiger partial charge < -0.3 is 9.80 Å². The molecule has 0 atom stereocenters. The van der Waals surface area contributed by atoms with E-state index in [1.807, 2.05) is 4.90 Å². The van der Waals surface area contributed by atoms with Crippen molar-refractivity contribution in [2.24, 2.45) is 5.41 Å². The van der Waals surface area contributed by atoms with E-state index in [4.69, 9.17) is 0 Å². The summed E-state index contributed by atoms with van der Waals surface area (Å²) < 4.78 is 65.7. The summed E-state index contributed by atoms with van der Waals surface area (Å²) in [4.78, 5) is 12.8. The molecule has 2 aliphatic heterocycles. The van der Waals surface area contributed by atoms with Crippen molar-refractivity contribution in [1.82, 2.24) is 29.9 Å². The predicted molar refractivity (Wildman–Crippen MR) is 109 cm³/mol. The summed E-state index contributed by atoms with van der Waals surface area (Å²) in [5, 5.41) is 10.7. The van der Waals surface area contributed by atoms with Crippen LogP contribution in [-0.4, -0.2) is 62.6 Å². The molecule has 0 amide bonds. The Morgan fingerprint density at radius 2 is 1.73 bits per heavy atom. The van der Waals surface area contributed by atoms with Crippen molar-refractivity contribution < 1.29 is 22.0 Å². The van der Waals surface area contributed by atoms with E-state index in [-0.39, 0.29) is 5.41 Å². The van der Waals surface area contributed by atoms with Crippen LogP contribution in [0.3, 0.4) is 0 Å². The Bertz CT molecular complexity index is 1140. The van der Waals surface area contributed by atoms with Gasteiger partial charge in [-0.25, -0.2) is 23.4 Å². The molecule has 1 spiro atoms. The number of hydrogen-bond donors (Lipinski definition) is 0. The van der Waals surface area contributed by atoms with Crippen LogP contribution in [-0.2, 0) is 12.7 Å². The van der Waals surface area contributed by atoms with Gasteiger partial charge in [-0.2, -0.15) is 23.4 Å². The van der Waals surface area contributed by atoms with Gasteiger partial charge >= 0.3 is 6.18 Å². The van der Waals surface area contributed by atoms with Crippen molar-refractivity contribution in [3.63, 3.8) is 0 Å². The summed E-state index contributed by atoms with van der Waals surface area (Å²) in [6.07, 6.45) is -0.108. The molecule has 5 heterocycles. The summed E-state index contributed by atoms with van der Waals surface area (Å²) in [5.74, 6) is 0.608. The average molecular weight is 468 g/mol. The molecule has 2 fully saturated rings. The zero-order valence-corrected chi connectivity index (χ0v) is 17.5. The molecule has 176 valence electrons. The Labute approximate surface area is 185 Å². The van der Waals surface area contributed by atoms with E-state index in [1.165, 1.54) is 12.4 Å². The van der Waals surface area contributed by atoms with E-state index < -0.39 is 24.8 Å². The first-order valence-corrected chi connectivity index (χ1v) is 10.6. The fourth-order valence-electron chi connectivity index (χ4n) is 4.70. The molecule has 33 heavy (non-hydrogen) atoms. The van der Waals surface area contributed by atoms with Crippen molar-refractivity contribution in [2.75, 3.05) is 36.0 Å². The highest BCUT2D eigenvalue weighted by Crippen LogP contribution is 2.43. The standard InChI is InChI=1S/C20H21F5N8/c21-16(22)11-33-18-14(9-28-33)26-10-17(29-18)31-4-1-19(2-5-31)3-6-32(12-19)13-7-15(20(23,24)25)30-27-8-13/h7-10,16H,1-6,11-12H2. The SMILES string of the molecule is FC(F)Cn1ncc2ncc(N3CCC4(CCN(c5cnnc(C(F)(F)F)c5)C4)CC3)nc21. The second kappa shape index (κ2) is 8.03. The Kier molecular flexibility index (Phi) is 5.28. The lowest BCUT2D eigenvalue weighted by atomic mass is 9.78. The van der Waals surface area contributed by atoms with Gasteiger partial charge in [0.05, 0.1) is 24.3 Å². The van der Waals surface area contributed by atoms with Crippen LogP contribution in [0.1, 0.15) is 25.0 Å². The Hall–Kier alpha value is -3.12. The van der Waals surface area contributed by atoms with Gasteiger partial charge in [0.2, 0.25) is 0 Å². The molecule has 3 aromatic heterocycles. The zero-order chi connectivity index (χ0) is 23.2. The molecule has 0 unspecified atom stereocenters. The summed E-state index contributed by atoms with van der Waals surface area (Å²) in [6.45, 7) is 2.15. The first kappa shape index (κ1) is 21.7. The predicted octanol–water partition coefficient (Wildman–Crippen LogP) is 3.40. The maximum absolute atomic E-state index is 13.0. The highest BCUT2D eigenvalue weighted by atomic mass is 19.4. The molecular weight excluding hydrogens is 447 g/mol. The normalized spacial score (nSPS) is 18.7. The van der Waals surface area contributed by atoms with E-state index in [1.54, 1.807) is 6.20 Å². The molecule has 8 nitrogen and oxygen atoms in total. The van der Waals surface area contributed by atoms with Crippen LogP contribution >= 0.6 is 0 Å². The number of fused-ring (bicyclic) bond motifs is 1. The third-order valence-corrected chi connectivity index (χ3v) is 6.53. The van der Waals surface area contributed by atoms with Crippen molar-refractivity contribution in [1.29, 1.82) is 0 Å². The number of halogens is 5. The maximum Gasteiger partial charge on any atom is 0.435 e. The van der Waals surface area contributed by atoms with Gasteiger partial charge in [-0.05, 0) is 30.7 Å². The lowest BCUT2D eigenvalue weighted by Gasteiger charge is -2.39. The van der Waals surface area contributed by atoms with Crippen LogP contribution in [0.5, 0.6) is 0 Å². The average Bonchev–Trinajstić information content (AvgIpc) is 3.38. The fraction of sp³-hybridized carbons (Fsp3) is 0.550. The van der Waals surface area contributed by atoms with E-state index in [2.05, 4.69) is 30.2 Å². The van der Waals surface area contributed by atoms with Crippen LogP contribution in [0, 0.1) is 5.41 Å². The molecule has 2 aliphatic rings. The molecule has 0 aliphatic carbocycles. The molecule has 0 radical (unpaired) electrons. The van der Waals surface area contributed by atoms with Gasteiger partial charge in [-0.15, -0.1) is 5.10 Å². The summed E-state index contributed by atoms with van der Waals surface area (Å²) in [7, 11) is 0. The van der Waals surface area contributed by atoms with Crippen LogP contribution in [0.25, 0.3) is 11.2 Å². The minimum Gasteiger partial charge on any atom is -0.370 e. The molecule has 5 rings (SSSR count). The minimum absolute atomic E-state index is 0.00680. The second-order valence-electron chi connectivity index (χ2n) is 8.61. The van der Waals surface area contributed by atoms with Gasteiger partial charge in [0.15, 0.2) is 11.3 Å². The van der Waals surface area contributed by atoms with Crippen molar-refractivity contribution >= 4 is 22.7 Å². The number of piperidine rings is 1.